The molecule has 1 saturated heterocycles. The van der Waals surface area contributed by atoms with Crippen LogP contribution in [0.15, 0.2) is 24.3 Å². The number of anilines is 1. The highest BCUT2D eigenvalue weighted by Gasteiger charge is 2.34. The Hall–Kier alpha value is -2.57. The second kappa shape index (κ2) is 7.76. The smallest absolute Gasteiger partial charge is 0.315 e. The van der Waals surface area contributed by atoms with Gasteiger partial charge in [-0.25, -0.2) is 4.79 Å². The molecule has 1 aromatic carbocycles. The quantitative estimate of drug-likeness (QED) is 0.766. The van der Waals surface area contributed by atoms with Crippen molar-refractivity contribution < 1.29 is 19.5 Å². The molecule has 2 aliphatic rings. The van der Waals surface area contributed by atoms with Crippen molar-refractivity contribution in [2.45, 2.75) is 51.1 Å². The normalized spacial score (nSPS) is 25.8. The van der Waals surface area contributed by atoms with Crippen LogP contribution in [0.1, 0.15) is 37.7 Å². The van der Waals surface area contributed by atoms with Gasteiger partial charge in [-0.1, -0.05) is 17.7 Å². The van der Waals surface area contributed by atoms with Crippen LogP contribution >= 0.6 is 0 Å². The second-order valence-corrected chi connectivity index (χ2v) is 7.17. The molecule has 1 atom stereocenters. The number of rotatable bonds is 4. The first-order chi connectivity index (χ1) is 12.4. The van der Waals surface area contributed by atoms with E-state index in [2.05, 4.69) is 10.6 Å². The third-order valence-corrected chi connectivity index (χ3v) is 5.27. The fraction of sp³-hybridized carbons (Fsp3) is 0.526. The minimum Gasteiger partial charge on any atom is -0.481 e. The fourth-order valence-electron chi connectivity index (χ4n) is 3.66. The zero-order valence-electron chi connectivity index (χ0n) is 14.9. The molecule has 0 radical (unpaired) electrons. The van der Waals surface area contributed by atoms with Crippen molar-refractivity contribution >= 4 is 23.6 Å². The summed E-state index contributed by atoms with van der Waals surface area (Å²) in [5.41, 5.74) is 1.98. The maximum Gasteiger partial charge on any atom is 0.315 e. The molecule has 7 nitrogen and oxygen atoms in total. The number of carbonyl (C=O) groups excluding carboxylic acids is 2. The van der Waals surface area contributed by atoms with Crippen molar-refractivity contribution in [3.8, 4) is 0 Å². The first kappa shape index (κ1) is 18.2. The van der Waals surface area contributed by atoms with Crippen molar-refractivity contribution in [2.75, 3.05) is 11.4 Å². The summed E-state index contributed by atoms with van der Waals surface area (Å²) in [6.07, 6.45) is 3.02. The average Bonchev–Trinajstić information content (AvgIpc) is 2.97. The summed E-state index contributed by atoms with van der Waals surface area (Å²) in [4.78, 5) is 37.4. The zero-order valence-corrected chi connectivity index (χ0v) is 14.9. The van der Waals surface area contributed by atoms with Crippen LogP contribution < -0.4 is 15.5 Å². The summed E-state index contributed by atoms with van der Waals surface area (Å²) in [7, 11) is 0. The number of carbonyl (C=O) groups is 3. The van der Waals surface area contributed by atoms with Crippen molar-refractivity contribution in [1.82, 2.24) is 10.6 Å². The number of hydrogen-bond donors (Lipinski definition) is 3. The van der Waals surface area contributed by atoms with Gasteiger partial charge in [0.2, 0.25) is 5.91 Å². The first-order valence-corrected chi connectivity index (χ1v) is 9.12. The minimum atomic E-state index is -0.763. The Morgan fingerprint density at radius 3 is 2.31 bits per heavy atom. The summed E-state index contributed by atoms with van der Waals surface area (Å²) in [6, 6.07) is 6.84. The molecule has 1 aliphatic carbocycles. The molecule has 0 aromatic heterocycles. The number of aliphatic carboxylic acids is 1. The van der Waals surface area contributed by atoms with Gasteiger partial charge >= 0.3 is 12.0 Å². The number of carboxylic acid groups (broad SMARTS) is 1. The summed E-state index contributed by atoms with van der Waals surface area (Å²) in [5, 5.41) is 14.7. The molecule has 26 heavy (non-hydrogen) atoms. The summed E-state index contributed by atoms with van der Waals surface area (Å²) < 4.78 is 0. The molecule has 1 saturated carbocycles. The molecule has 3 N–H and O–H groups in total. The lowest BCUT2D eigenvalue weighted by molar-refractivity contribution is -0.142. The molecule has 0 bridgehead atoms. The van der Waals surface area contributed by atoms with E-state index in [1.54, 1.807) is 4.90 Å². The van der Waals surface area contributed by atoms with Crippen LogP contribution in [0.5, 0.6) is 0 Å². The molecular formula is C19H25N3O4. The van der Waals surface area contributed by atoms with Crippen LogP contribution in [0.25, 0.3) is 0 Å². The third-order valence-electron chi connectivity index (χ3n) is 5.27. The van der Waals surface area contributed by atoms with E-state index in [0.29, 0.717) is 38.6 Å². The van der Waals surface area contributed by atoms with Gasteiger partial charge in [0, 0.05) is 18.3 Å². The van der Waals surface area contributed by atoms with Gasteiger partial charge in [-0.15, -0.1) is 0 Å². The Labute approximate surface area is 152 Å². The van der Waals surface area contributed by atoms with Crippen LogP contribution in [0.3, 0.4) is 0 Å². The van der Waals surface area contributed by atoms with Crippen molar-refractivity contribution in [1.29, 1.82) is 0 Å². The Morgan fingerprint density at radius 1 is 1.04 bits per heavy atom. The Kier molecular flexibility index (Phi) is 5.44. The molecule has 1 unspecified atom stereocenters. The number of benzene rings is 1. The number of nitrogens with zero attached hydrogens (tertiary/aromatic N) is 1. The highest BCUT2D eigenvalue weighted by Crippen LogP contribution is 2.25. The summed E-state index contributed by atoms with van der Waals surface area (Å²) in [5.74, 6) is -1.17. The second-order valence-electron chi connectivity index (χ2n) is 7.17. The minimum absolute atomic E-state index is 0.0321. The number of urea groups is 1. The van der Waals surface area contributed by atoms with Gasteiger partial charge in [-0.2, -0.15) is 0 Å². The van der Waals surface area contributed by atoms with Gasteiger partial charge in [0.05, 0.1) is 5.92 Å². The van der Waals surface area contributed by atoms with Crippen LogP contribution in [0, 0.1) is 12.8 Å². The van der Waals surface area contributed by atoms with Crippen LogP contribution in [0.2, 0.25) is 0 Å². The van der Waals surface area contributed by atoms with E-state index in [0.717, 1.165) is 11.3 Å². The third kappa shape index (κ3) is 4.15. The monoisotopic (exact) mass is 359 g/mol. The molecule has 3 amide bonds. The van der Waals surface area contributed by atoms with Gasteiger partial charge < -0.3 is 20.6 Å². The lowest BCUT2D eigenvalue weighted by Gasteiger charge is -2.27. The van der Waals surface area contributed by atoms with E-state index in [9.17, 15) is 14.4 Å². The number of hydrogen-bond acceptors (Lipinski definition) is 3. The SMILES string of the molecule is Cc1ccc(N2CCC(NC(=O)NC3CCC(C(=O)O)CC3)C2=O)cc1. The molecular weight excluding hydrogens is 334 g/mol. The van der Waals surface area contributed by atoms with Gasteiger partial charge in [0.25, 0.3) is 0 Å². The van der Waals surface area contributed by atoms with E-state index in [1.165, 1.54) is 0 Å². The molecule has 3 rings (SSSR count). The van der Waals surface area contributed by atoms with Crippen LogP contribution in [-0.4, -0.2) is 41.6 Å². The number of aryl methyl sites for hydroxylation is 1. The fourth-order valence-corrected chi connectivity index (χ4v) is 3.66. The van der Waals surface area contributed by atoms with Gasteiger partial charge in [0.15, 0.2) is 0 Å². The average molecular weight is 359 g/mol. The predicted molar refractivity (Wildman–Crippen MR) is 97.0 cm³/mol. The number of amides is 3. The maximum atomic E-state index is 12.6. The Morgan fingerprint density at radius 2 is 1.69 bits per heavy atom. The molecule has 1 aliphatic heterocycles. The highest BCUT2D eigenvalue weighted by molar-refractivity contribution is 6.01. The molecule has 7 heteroatoms. The number of nitrogens with one attached hydrogen (secondary N) is 2. The molecule has 1 heterocycles. The predicted octanol–water partition coefficient (Wildman–Crippen LogP) is 2.04. The van der Waals surface area contributed by atoms with Gasteiger partial charge in [0.1, 0.15) is 6.04 Å². The van der Waals surface area contributed by atoms with E-state index >= 15 is 0 Å². The number of carboxylic acids is 1. The topological polar surface area (TPSA) is 98.7 Å². The Bertz CT molecular complexity index is 681. The van der Waals surface area contributed by atoms with Gasteiger partial charge in [-0.3, -0.25) is 9.59 Å². The van der Waals surface area contributed by atoms with E-state index in [1.807, 2.05) is 31.2 Å². The first-order valence-electron chi connectivity index (χ1n) is 9.12. The van der Waals surface area contributed by atoms with E-state index in [-0.39, 0.29) is 23.9 Å². The molecule has 0 spiro atoms. The van der Waals surface area contributed by atoms with Crippen molar-refractivity contribution in [2.24, 2.45) is 5.92 Å². The van der Waals surface area contributed by atoms with Crippen molar-refractivity contribution in [3.63, 3.8) is 0 Å². The maximum absolute atomic E-state index is 12.6. The largest absolute Gasteiger partial charge is 0.481 e. The highest BCUT2D eigenvalue weighted by atomic mass is 16.4. The zero-order chi connectivity index (χ0) is 18.7. The lowest BCUT2D eigenvalue weighted by Crippen LogP contribution is -2.49. The van der Waals surface area contributed by atoms with Crippen molar-refractivity contribution in [3.05, 3.63) is 29.8 Å². The van der Waals surface area contributed by atoms with Crippen LogP contribution in [0.4, 0.5) is 10.5 Å². The van der Waals surface area contributed by atoms with E-state index in [4.69, 9.17) is 5.11 Å². The summed E-state index contributed by atoms with van der Waals surface area (Å²) >= 11 is 0. The molecule has 1 aromatic rings. The summed E-state index contributed by atoms with van der Waals surface area (Å²) in [6.45, 7) is 2.57. The Balaban J connectivity index is 1.48. The van der Waals surface area contributed by atoms with E-state index < -0.39 is 12.0 Å². The standard InChI is InChI=1S/C19H25N3O4/c1-12-2-8-15(9-3-12)22-11-10-16(17(22)23)21-19(26)20-14-6-4-13(5-7-14)18(24)25/h2-3,8-9,13-14,16H,4-7,10-11H2,1H3,(H,24,25)(H2,20,21,26). The molecule has 2 fully saturated rings. The lowest BCUT2D eigenvalue weighted by atomic mass is 9.86. The van der Waals surface area contributed by atoms with Crippen LogP contribution in [-0.2, 0) is 9.59 Å². The van der Waals surface area contributed by atoms with Gasteiger partial charge in [-0.05, 0) is 51.2 Å². The molecule has 140 valence electrons.